The molecule has 0 aliphatic heterocycles. The van der Waals surface area contributed by atoms with Crippen molar-refractivity contribution >= 4 is 17.5 Å². The van der Waals surface area contributed by atoms with Crippen molar-refractivity contribution in [3.8, 4) is 11.1 Å². The summed E-state index contributed by atoms with van der Waals surface area (Å²) in [6.45, 7) is 4.17. The van der Waals surface area contributed by atoms with Gasteiger partial charge in [0, 0.05) is 28.0 Å². The topological polar surface area (TPSA) is 48.0 Å². The van der Waals surface area contributed by atoms with Crippen LogP contribution in [0.5, 0.6) is 0 Å². The molecule has 116 valence electrons. The standard InChI is InChI=1S/C18H21ClN2O/c1-3-4-15-17(12-5-7-13(19)8-6-12)16(18(20)22)11(2)21(15)14-9-10-14/h5-8,14H,3-4,9-10H2,1-2H3,(H2,20,22). The number of carbonyl (C=O) groups is 1. The molecular weight excluding hydrogens is 296 g/mol. The summed E-state index contributed by atoms with van der Waals surface area (Å²) in [6, 6.07) is 8.20. The number of halogens is 1. The van der Waals surface area contributed by atoms with Gasteiger partial charge < -0.3 is 10.3 Å². The minimum atomic E-state index is -0.348. The van der Waals surface area contributed by atoms with E-state index in [1.807, 2.05) is 31.2 Å². The molecule has 0 saturated heterocycles. The van der Waals surface area contributed by atoms with Crippen molar-refractivity contribution in [3.05, 3.63) is 46.2 Å². The molecule has 1 aromatic carbocycles. The lowest BCUT2D eigenvalue weighted by atomic mass is 9.98. The maximum Gasteiger partial charge on any atom is 0.251 e. The predicted molar refractivity (Wildman–Crippen MR) is 90.4 cm³/mol. The van der Waals surface area contributed by atoms with Crippen LogP contribution in [-0.4, -0.2) is 10.5 Å². The first kappa shape index (κ1) is 15.2. The van der Waals surface area contributed by atoms with Crippen molar-refractivity contribution < 1.29 is 4.79 Å². The first-order chi connectivity index (χ1) is 10.5. The molecule has 1 aromatic heterocycles. The Labute approximate surface area is 136 Å². The summed E-state index contributed by atoms with van der Waals surface area (Å²) in [5.74, 6) is -0.348. The zero-order valence-electron chi connectivity index (χ0n) is 13.0. The summed E-state index contributed by atoms with van der Waals surface area (Å²) in [4.78, 5) is 12.1. The molecule has 1 aliphatic rings. The molecule has 0 atom stereocenters. The number of hydrogen-bond acceptors (Lipinski definition) is 1. The molecular formula is C18H21ClN2O. The average Bonchev–Trinajstić information content (AvgIpc) is 3.25. The fourth-order valence-corrected chi connectivity index (χ4v) is 3.43. The van der Waals surface area contributed by atoms with Gasteiger partial charge in [0.15, 0.2) is 0 Å². The summed E-state index contributed by atoms with van der Waals surface area (Å²) >= 11 is 6.00. The van der Waals surface area contributed by atoms with Gasteiger partial charge in [0.05, 0.1) is 5.56 Å². The Morgan fingerprint density at radius 2 is 1.95 bits per heavy atom. The van der Waals surface area contributed by atoms with Crippen molar-refractivity contribution in [3.63, 3.8) is 0 Å². The van der Waals surface area contributed by atoms with Crippen LogP contribution in [0.4, 0.5) is 0 Å². The molecule has 0 unspecified atom stereocenters. The number of benzene rings is 1. The lowest BCUT2D eigenvalue weighted by molar-refractivity contribution is 0.1000. The van der Waals surface area contributed by atoms with Gasteiger partial charge in [-0.25, -0.2) is 0 Å². The SMILES string of the molecule is CCCc1c(-c2ccc(Cl)cc2)c(C(N)=O)c(C)n1C1CC1. The van der Waals surface area contributed by atoms with E-state index < -0.39 is 0 Å². The van der Waals surface area contributed by atoms with Crippen LogP contribution in [0.25, 0.3) is 11.1 Å². The van der Waals surface area contributed by atoms with Gasteiger partial charge in [0.2, 0.25) is 0 Å². The van der Waals surface area contributed by atoms with Gasteiger partial charge in [-0.1, -0.05) is 37.1 Å². The molecule has 2 aromatic rings. The Kier molecular flexibility index (Phi) is 4.00. The minimum Gasteiger partial charge on any atom is -0.366 e. The second kappa shape index (κ2) is 5.81. The van der Waals surface area contributed by atoms with Crippen LogP contribution in [0.15, 0.2) is 24.3 Å². The molecule has 1 amide bonds. The predicted octanol–water partition coefficient (Wildman–Crippen LogP) is 4.50. The Bertz CT molecular complexity index is 712. The Morgan fingerprint density at radius 3 is 2.45 bits per heavy atom. The monoisotopic (exact) mass is 316 g/mol. The Hall–Kier alpha value is -1.74. The normalized spacial score (nSPS) is 14.3. The highest BCUT2D eigenvalue weighted by atomic mass is 35.5. The van der Waals surface area contributed by atoms with Crippen molar-refractivity contribution in [2.75, 3.05) is 0 Å². The molecule has 1 fully saturated rings. The van der Waals surface area contributed by atoms with Crippen LogP contribution in [0.3, 0.4) is 0 Å². The van der Waals surface area contributed by atoms with Crippen molar-refractivity contribution in [2.45, 2.75) is 45.6 Å². The number of primary amides is 1. The zero-order valence-corrected chi connectivity index (χ0v) is 13.8. The smallest absolute Gasteiger partial charge is 0.251 e. The third-order valence-electron chi connectivity index (χ3n) is 4.33. The van der Waals surface area contributed by atoms with Gasteiger partial charge in [0.1, 0.15) is 0 Å². The quantitative estimate of drug-likeness (QED) is 0.867. The van der Waals surface area contributed by atoms with E-state index in [1.54, 1.807) is 0 Å². The molecule has 1 heterocycles. The van der Waals surface area contributed by atoms with E-state index in [9.17, 15) is 4.79 Å². The lowest BCUT2D eigenvalue weighted by Crippen LogP contribution is -2.13. The summed E-state index contributed by atoms with van der Waals surface area (Å²) in [6.07, 6.45) is 4.35. The van der Waals surface area contributed by atoms with Gasteiger partial charge in [-0.05, 0) is 43.9 Å². The maximum absolute atomic E-state index is 12.1. The number of nitrogens with two attached hydrogens (primary N) is 1. The van der Waals surface area contributed by atoms with Crippen LogP contribution in [0.1, 0.15) is 54.0 Å². The maximum atomic E-state index is 12.1. The molecule has 0 radical (unpaired) electrons. The number of aromatic nitrogens is 1. The van der Waals surface area contributed by atoms with Gasteiger partial charge in [-0.3, -0.25) is 4.79 Å². The van der Waals surface area contributed by atoms with Crippen LogP contribution in [0.2, 0.25) is 5.02 Å². The van der Waals surface area contributed by atoms with E-state index >= 15 is 0 Å². The molecule has 1 aliphatic carbocycles. The van der Waals surface area contributed by atoms with Gasteiger partial charge in [-0.2, -0.15) is 0 Å². The highest BCUT2D eigenvalue weighted by Crippen LogP contribution is 2.43. The molecule has 0 bridgehead atoms. The van der Waals surface area contributed by atoms with Crippen molar-refractivity contribution in [1.82, 2.24) is 4.57 Å². The fourth-order valence-electron chi connectivity index (χ4n) is 3.31. The average molecular weight is 317 g/mol. The lowest BCUT2D eigenvalue weighted by Gasteiger charge is -2.11. The Balaban J connectivity index is 2.27. The van der Waals surface area contributed by atoms with Gasteiger partial charge in [0.25, 0.3) is 5.91 Å². The molecule has 22 heavy (non-hydrogen) atoms. The summed E-state index contributed by atoms with van der Waals surface area (Å²) in [7, 11) is 0. The molecule has 3 rings (SSSR count). The van der Waals surface area contributed by atoms with E-state index in [2.05, 4.69) is 11.5 Å². The van der Waals surface area contributed by atoms with Gasteiger partial charge >= 0.3 is 0 Å². The van der Waals surface area contributed by atoms with Crippen molar-refractivity contribution in [2.24, 2.45) is 5.73 Å². The molecule has 3 nitrogen and oxygen atoms in total. The summed E-state index contributed by atoms with van der Waals surface area (Å²) in [5.41, 5.74) is 10.6. The number of carbonyl (C=O) groups excluding carboxylic acids is 1. The van der Waals surface area contributed by atoms with Crippen LogP contribution >= 0.6 is 11.6 Å². The molecule has 2 N–H and O–H groups in total. The largest absolute Gasteiger partial charge is 0.366 e. The van der Waals surface area contributed by atoms with Crippen LogP contribution < -0.4 is 5.73 Å². The van der Waals surface area contributed by atoms with E-state index in [4.69, 9.17) is 17.3 Å². The summed E-state index contributed by atoms with van der Waals surface area (Å²) < 4.78 is 2.34. The fraction of sp³-hybridized carbons (Fsp3) is 0.389. The van der Waals surface area contributed by atoms with Crippen molar-refractivity contribution in [1.29, 1.82) is 0 Å². The highest BCUT2D eigenvalue weighted by Gasteiger charge is 2.32. The minimum absolute atomic E-state index is 0.348. The van der Waals surface area contributed by atoms with Crippen LogP contribution in [0, 0.1) is 6.92 Å². The summed E-state index contributed by atoms with van der Waals surface area (Å²) in [5, 5.41) is 0.694. The second-order valence-corrected chi connectivity index (χ2v) is 6.44. The van der Waals surface area contributed by atoms with Crippen LogP contribution in [-0.2, 0) is 6.42 Å². The number of rotatable bonds is 5. The first-order valence-corrected chi connectivity index (χ1v) is 8.21. The van der Waals surface area contributed by atoms with Gasteiger partial charge in [-0.15, -0.1) is 0 Å². The number of hydrogen-bond donors (Lipinski definition) is 1. The molecule has 1 saturated carbocycles. The van der Waals surface area contributed by atoms with E-state index in [0.29, 0.717) is 16.6 Å². The zero-order chi connectivity index (χ0) is 15.9. The Morgan fingerprint density at radius 1 is 1.32 bits per heavy atom. The highest BCUT2D eigenvalue weighted by molar-refractivity contribution is 6.30. The number of amides is 1. The molecule has 4 heteroatoms. The first-order valence-electron chi connectivity index (χ1n) is 7.84. The van der Waals surface area contributed by atoms with E-state index in [1.165, 1.54) is 18.5 Å². The van der Waals surface area contributed by atoms with E-state index in [-0.39, 0.29) is 5.91 Å². The third-order valence-corrected chi connectivity index (χ3v) is 4.58. The van der Waals surface area contributed by atoms with E-state index in [0.717, 1.165) is 29.7 Å². The number of nitrogens with zero attached hydrogens (tertiary/aromatic N) is 1. The molecule has 0 spiro atoms. The third kappa shape index (κ3) is 2.54. The second-order valence-electron chi connectivity index (χ2n) is 6.00.